The predicted octanol–water partition coefficient (Wildman–Crippen LogP) is 12.2. The van der Waals surface area contributed by atoms with E-state index in [0.717, 1.165) is 42.9 Å². The highest BCUT2D eigenvalue weighted by molar-refractivity contribution is 9.10. The van der Waals surface area contributed by atoms with Crippen molar-refractivity contribution in [3.8, 4) is 34.5 Å². The molecular formula is C42H46Br2F6O6. The number of rotatable bonds is 12. The van der Waals surface area contributed by atoms with Crippen molar-refractivity contribution in [3.05, 3.63) is 106 Å². The van der Waals surface area contributed by atoms with E-state index in [-0.39, 0.29) is 28.9 Å². The Morgan fingerprint density at radius 3 is 1.38 bits per heavy atom. The molecule has 0 atom stereocenters. The molecule has 0 spiro atoms. The molecule has 56 heavy (non-hydrogen) atoms. The fourth-order valence-electron chi connectivity index (χ4n) is 4.32. The van der Waals surface area contributed by atoms with Gasteiger partial charge in [0.15, 0.2) is 46.4 Å². The van der Waals surface area contributed by atoms with Crippen molar-refractivity contribution in [2.24, 2.45) is 23.7 Å². The molecule has 0 bridgehead atoms. The molecule has 0 unspecified atom stereocenters. The Bertz CT molecular complexity index is 1820. The Labute approximate surface area is 340 Å². The first-order valence-electron chi connectivity index (χ1n) is 18.3. The zero-order valence-electron chi connectivity index (χ0n) is 31.2. The number of phenols is 1. The zero-order chi connectivity index (χ0) is 40.6. The van der Waals surface area contributed by atoms with Gasteiger partial charge in [0.1, 0.15) is 23.0 Å². The van der Waals surface area contributed by atoms with Gasteiger partial charge in [0.05, 0.1) is 38.5 Å². The lowest BCUT2D eigenvalue weighted by molar-refractivity contribution is 0.294. The summed E-state index contributed by atoms with van der Waals surface area (Å²) in [6.07, 6.45) is 10.3. The first-order chi connectivity index (χ1) is 26.9. The highest BCUT2D eigenvalue weighted by Crippen LogP contribution is 2.35. The second kappa shape index (κ2) is 22.8. The number of benzene rings is 4. The summed E-state index contributed by atoms with van der Waals surface area (Å²) in [5.41, 5.74) is 0. The minimum Gasteiger partial charge on any atom is -0.508 e. The molecule has 4 aliphatic carbocycles. The number of hydrogen-bond acceptors (Lipinski definition) is 6. The van der Waals surface area contributed by atoms with E-state index in [1.807, 2.05) is 0 Å². The van der Waals surface area contributed by atoms with Crippen LogP contribution in [0, 0.1) is 58.6 Å². The maximum Gasteiger partial charge on any atom is 0.166 e. The van der Waals surface area contributed by atoms with Crippen LogP contribution < -0.4 is 23.7 Å². The van der Waals surface area contributed by atoms with Gasteiger partial charge in [0.25, 0.3) is 0 Å². The third kappa shape index (κ3) is 17.2. The summed E-state index contributed by atoms with van der Waals surface area (Å²) in [7, 11) is 2.89. The molecule has 0 radical (unpaired) electrons. The molecule has 8 rings (SSSR count). The summed E-state index contributed by atoms with van der Waals surface area (Å²) < 4.78 is 102. The van der Waals surface area contributed by atoms with Crippen LogP contribution in [0.4, 0.5) is 26.3 Å². The fraction of sp³-hybridized carbons (Fsp3) is 0.429. The minimum absolute atomic E-state index is 0.212. The van der Waals surface area contributed by atoms with Crippen molar-refractivity contribution < 1.29 is 55.1 Å². The van der Waals surface area contributed by atoms with Crippen molar-refractivity contribution in [2.75, 3.05) is 39.4 Å². The van der Waals surface area contributed by atoms with Gasteiger partial charge < -0.3 is 28.8 Å². The summed E-state index contributed by atoms with van der Waals surface area (Å²) in [6.45, 7) is 2.05. The topological polar surface area (TPSA) is 66.4 Å². The maximum absolute atomic E-state index is 13.2. The standard InChI is InChI=1S/C11H12BrFO2.C11H13FO2.C10H10F2O.C6H4F2O.C4H7Br/c1-14-11-5-10(8(12)4-9(11)13)15-6-7-2-3-7;1-13-11-6-9(4-5-10(11)12)14-7-8-2-3-8;11-9-4-3-8(5-10(9)12)13-6-7-1-2-7;7-5-2-1-4(9)3-6(5)8;5-3-4-1-2-4/h4-5,7H,2-3,6H2,1H3;4-6,8H,2-3,7H2,1H3;3-5,7H,1-2,6H2;1-3,9H;4H,1-3H2. The molecular weight excluding hydrogens is 874 g/mol. The predicted molar refractivity (Wildman–Crippen MR) is 209 cm³/mol. The van der Waals surface area contributed by atoms with Crippen molar-refractivity contribution >= 4 is 31.9 Å². The molecule has 0 heterocycles. The lowest BCUT2D eigenvalue weighted by Crippen LogP contribution is -2.00. The number of phenolic OH excluding ortho intramolecular Hbond substituents is 1. The number of hydrogen-bond donors (Lipinski definition) is 1. The lowest BCUT2D eigenvalue weighted by atomic mass is 10.3. The molecule has 4 aliphatic rings. The highest BCUT2D eigenvalue weighted by Gasteiger charge is 2.24. The van der Waals surface area contributed by atoms with Gasteiger partial charge in [-0.1, -0.05) is 15.9 Å². The van der Waals surface area contributed by atoms with E-state index >= 15 is 0 Å². The van der Waals surface area contributed by atoms with Crippen LogP contribution in [0.25, 0.3) is 0 Å². The molecule has 4 aromatic rings. The van der Waals surface area contributed by atoms with Crippen LogP contribution >= 0.6 is 31.9 Å². The SMILES string of the molecule is BrCC1CC1.COc1cc(OCC2CC2)c(Br)cc1F.COc1cc(OCC2CC2)ccc1F.Fc1ccc(OCC2CC2)cc1F.Oc1ccc(F)c(F)c1. The van der Waals surface area contributed by atoms with E-state index in [9.17, 15) is 26.3 Å². The Morgan fingerprint density at radius 2 is 0.946 bits per heavy atom. The van der Waals surface area contributed by atoms with Gasteiger partial charge in [-0.05, 0) is 133 Å². The van der Waals surface area contributed by atoms with Gasteiger partial charge in [-0.15, -0.1) is 0 Å². The number of methoxy groups -OCH3 is 2. The quantitative estimate of drug-likeness (QED) is 0.113. The Morgan fingerprint density at radius 1 is 0.500 bits per heavy atom. The van der Waals surface area contributed by atoms with Gasteiger partial charge in [0.2, 0.25) is 0 Å². The van der Waals surface area contributed by atoms with E-state index in [1.54, 1.807) is 18.2 Å². The molecule has 0 aliphatic heterocycles. The van der Waals surface area contributed by atoms with Crippen LogP contribution in [0.3, 0.4) is 0 Å². The first-order valence-corrected chi connectivity index (χ1v) is 20.2. The van der Waals surface area contributed by atoms with E-state index in [2.05, 4.69) is 31.9 Å². The second-order valence-corrected chi connectivity index (χ2v) is 15.3. The summed E-state index contributed by atoms with van der Waals surface area (Å²) in [6, 6.07) is 13.8. The molecule has 4 saturated carbocycles. The number of alkyl halides is 1. The van der Waals surface area contributed by atoms with Gasteiger partial charge in [-0.25, -0.2) is 26.3 Å². The van der Waals surface area contributed by atoms with Gasteiger partial charge in [0, 0.05) is 29.6 Å². The van der Waals surface area contributed by atoms with Crippen molar-refractivity contribution in [1.82, 2.24) is 0 Å². The average Bonchev–Trinajstić information content (AvgIpc) is 3.99. The molecule has 306 valence electrons. The summed E-state index contributed by atoms with van der Waals surface area (Å²) in [5, 5.41) is 9.76. The van der Waals surface area contributed by atoms with Crippen LogP contribution in [0.5, 0.6) is 34.5 Å². The van der Waals surface area contributed by atoms with Crippen LogP contribution in [-0.4, -0.2) is 44.5 Å². The smallest absolute Gasteiger partial charge is 0.166 e. The third-order valence-corrected chi connectivity index (χ3v) is 10.1. The van der Waals surface area contributed by atoms with Gasteiger partial charge in [-0.2, -0.15) is 0 Å². The van der Waals surface area contributed by atoms with Crippen molar-refractivity contribution in [3.63, 3.8) is 0 Å². The molecule has 4 fully saturated rings. The largest absolute Gasteiger partial charge is 0.508 e. The molecule has 0 amide bonds. The average molecular weight is 921 g/mol. The highest BCUT2D eigenvalue weighted by atomic mass is 79.9. The Hall–Kier alpha value is -3.78. The monoisotopic (exact) mass is 918 g/mol. The summed E-state index contributed by atoms with van der Waals surface area (Å²) in [4.78, 5) is 0. The van der Waals surface area contributed by atoms with Crippen LogP contribution in [0.1, 0.15) is 51.4 Å². The minimum atomic E-state index is -1.03. The molecule has 1 N–H and O–H groups in total. The number of aromatic hydroxyl groups is 1. The van der Waals surface area contributed by atoms with Gasteiger partial charge in [-0.3, -0.25) is 0 Å². The lowest BCUT2D eigenvalue weighted by Gasteiger charge is -2.10. The van der Waals surface area contributed by atoms with Crippen LogP contribution in [0.2, 0.25) is 0 Å². The molecule has 0 saturated heterocycles. The first kappa shape index (κ1) is 44.9. The van der Waals surface area contributed by atoms with E-state index in [4.69, 9.17) is 28.8 Å². The second-order valence-electron chi connectivity index (χ2n) is 13.7. The zero-order valence-corrected chi connectivity index (χ0v) is 34.3. The maximum atomic E-state index is 13.2. The van der Waals surface area contributed by atoms with E-state index in [1.165, 1.54) is 89.1 Å². The summed E-state index contributed by atoms with van der Waals surface area (Å²) >= 11 is 6.64. The summed E-state index contributed by atoms with van der Waals surface area (Å²) in [5.74, 6) is 0.531. The van der Waals surface area contributed by atoms with Crippen LogP contribution in [-0.2, 0) is 0 Å². The van der Waals surface area contributed by atoms with Crippen LogP contribution in [0.15, 0.2) is 71.2 Å². The normalized spacial score (nSPS) is 15.2. The van der Waals surface area contributed by atoms with Gasteiger partial charge >= 0.3 is 0 Å². The van der Waals surface area contributed by atoms with Crippen molar-refractivity contribution in [1.29, 1.82) is 0 Å². The van der Waals surface area contributed by atoms with Crippen molar-refractivity contribution in [2.45, 2.75) is 51.4 Å². The Kier molecular flexibility index (Phi) is 18.3. The molecule has 4 aromatic carbocycles. The van der Waals surface area contributed by atoms with E-state index < -0.39 is 23.3 Å². The number of halogens is 8. The fourth-order valence-corrected chi connectivity index (χ4v) is 5.40. The number of ether oxygens (including phenoxy) is 5. The molecule has 6 nitrogen and oxygen atoms in total. The molecule has 0 aromatic heterocycles. The molecule has 14 heteroatoms. The third-order valence-electron chi connectivity index (χ3n) is 8.58. The Balaban J connectivity index is 0.000000161. The van der Waals surface area contributed by atoms with E-state index in [0.29, 0.717) is 52.7 Å².